The molecule has 1 N–H and O–H groups in total. The molecule has 26 heavy (non-hydrogen) atoms. The van der Waals surface area contributed by atoms with Crippen LogP contribution in [0, 0.1) is 0 Å². The lowest BCUT2D eigenvalue weighted by atomic mass is 10.1. The normalized spacial score (nSPS) is 18.5. The Morgan fingerprint density at radius 1 is 1.19 bits per heavy atom. The number of ether oxygens (including phenoxy) is 1. The van der Waals surface area contributed by atoms with E-state index in [0.717, 1.165) is 29.7 Å². The number of rotatable bonds is 5. The van der Waals surface area contributed by atoms with E-state index in [4.69, 9.17) is 4.74 Å². The highest BCUT2D eigenvalue weighted by Gasteiger charge is 2.29. The number of nitrogens with one attached hydrogen (secondary N) is 1. The van der Waals surface area contributed by atoms with Crippen LogP contribution < -0.4 is 5.32 Å². The first-order chi connectivity index (χ1) is 12.3. The minimum absolute atomic E-state index is 0.167. The van der Waals surface area contributed by atoms with Crippen LogP contribution in [0.2, 0.25) is 0 Å². The number of fused-ring (bicyclic) bond motifs is 1. The Hall–Kier alpha value is -1.49. The molecule has 0 atom stereocenters. The Bertz CT molecular complexity index is 810. The Labute approximate surface area is 157 Å². The number of thiophene rings is 1. The first-order valence-corrected chi connectivity index (χ1v) is 11.2. The number of carbonyl (C=O) groups is 2. The van der Waals surface area contributed by atoms with Crippen molar-refractivity contribution in [2.45, 2.75) is 19.3 Å². The van der Waals surface area contributed by atoms with Gasteiger partial charge in [0.15, 0.2) is 0 Å². The Balaban J connectivity index is 1.62. The molecule has 1 aromatic heterocycles. The molecule has 0 spiro atoms. The highest BCUT2D eigenvalue weighted by atomic mass is 32.2. The van der Waals surface area contributed by atoms with Gasteiger partial charge < -0.3 is 10.1 Å². The molecule has 1 aliphatic carbocycles. The first kappa shape index (κ1) is 19.3. The zero-order valence-electron chi connectivity index (χ0n) is 14.9. The molecule has 0 unspecified atom stereocenters. The number of piperazine rings is 1. The quantitative estimate of drug-likeness (QED) is 0.724. The lowest BCUT2D eigenvalue weighted by Crippen LogP contribution is -2.50. The van der Waals surface area contributed by atoms with Crippen molar-refractivity contribution in [3.8, 4) is 0 Å². The van der Waals surface area contributed by atoms with Crippen molar-refractivity contribution in [2.75, 3.05) is 51.4 Å². The zero-order valence-corrected chi connectivity index (χ0v) is 16.5. The van der Waals surface area contributed by atoms with E-state index in [1.807, 2.05) is 4.90 Å². The molecule has 10 heteroatoms. The van der Waals surface area contributed by atoms with Crippen molar-refractivity contribution >= 4 is 38.2 Å². The number of hydrogen-bond acceptors (Lipinski definition) is 7. The van der Waals surface area contributed by atoms with Gasteiger partial charge in [0.25, 0.3) is 0 Å². The van der Waals surface area contributed by atoms with E-state index in [9.17, 15) is 18.0 Å². The van der Waals surface area contributed by atoms with E-state index in [1.165, 1.54) is 29.0 Å². The van der Waals surface area contributed by atoms with Crippen LogP contribution in [-0.4, -0.2) is 75.6 Å². The van der Waals surface area contributed by atoms with Gasteiger partial charge in [-0.05, 0) is 24.8 Å². The average molecular weight is 402 g/mol. The molecule has 2 aliphatic rings. The van der Waals surface area contributed by atoms with Crippen LogP contribution >= 0.6 is 11.3 Å². The summed E-state index contributed by atoms with van der Waals surface area (Å²) in [6.07, 6.45) is 3.97. The number of nitrogens with zero attached hydrogens (tertiary/aromatic N) is 2. The minimum Gasteiger partial charge on any atom is -0.465 e. The summed E-state index contributed by atoms with van der Waals surface area (Å²) in [5.74, 6) is -0.621. The molecule has 144 valence electrons. The number of carbonyl (C=O) groups excluding carboxylic acids is 2. The summed E-state index contributed by atoms with van der Waals surface area (Å²) in [4.78, 5) is 27.6. The molecular weight excluding hydrogens is 378 g/mol. The van der Waals surface area contributed by atoms with Gasteiger partial charge in [0.05, 0.1) is 25.5 Å². The lowest BCUT2D eigenvalue weighted by molar-refractivity contribution is -0.117. The summed E-state index contributed by atoms with van der Waals surface area (Å²) in [5, 5.41) is 3.41. The van der Waals surface area contributed by atoms with Gasteiger partial charge >= 0.3 is 5.97 Å². The van der Waals surface area contributed by atoms with E-state index >= 15 is 0 Å². The fourth-order valence-electron chi connectivity index (χ4n) is 3.40. The molecule has 8 nitrogen and oxygen atoms in total. The van der Waals surface area contributed by atoms with Gasteiger partial charge in [-0.15, -0.1) is 11.3 Å². The van der Waals surface area contributed by atoms with Crippen LogP contribution in [0.25, 0.3) is 0 Å². The van der Waals surface area contributed by atoms with Gasteiger partial charge in [0, 0.05) is 31.1 Å². The Morgan fingerprint density at radius 2 is 1.88 bits per heavy atom. The number of anilines is 1. The predicted octanol–water partition coefficient (Wildman–Crippen LogP) is 0.539. The van der Waals surface area contributed by atoms with E-state index < -0.39 is 16.0 Å². The maximum atomic E-state index is 12.4. The fraction of sp³-hybridized carbons (Fsp3) is 0.625. The van der Waals surface area contributed by atoms with Crippen LogP contribution in [0.5, 0.6) is 0 Å². The van der Waals surface area contributed by atoms with Crippen molar-refractivity contribution in [3.63, 3.8) is 0 Å². The van der Waals surface area contributed by atoms with Gasteiger partial charge in [-0.2, -0.15) is 4.31 Å². The number of esters is 1. The van der Waals surface area contributed by atoms with Gasteiger partial charge in [0.2, 0.25) is 15.9 Å². The SMILES string of the molecule is COC(=O)c1c(NC(=O)CN2CCN(S(C)(=O)=O)CC2)sc2c1CCC2. The highest BCUT2D eigenvalue weighted by molar-refractivity contribution is 7.88. The predicted molar refractivity (Wildman–Crippen MR) is 99.2 cm³/mol. The molecule has 0 bridgehead atoms. The van der Waals surface area contributed by atoms with Crippen LogP contribution in [0.3, 0.4) is 0 Å². The molecule has 0 aromatic carbocycles. The fourth-order valence-corrected chi connectivity index (χ4v) is 5.52. The molecule has 2 heterocycles. The smallest absolute Gasteiger partial charge is 0.341 e. The molecular formula is C16H23N3O5S2. The number of methoxy groups -OCH3 is 1. The summed E-state index contributed by atoms with van der Waals surface area (Å²) < 4.78 is 29.4. The molecule has 0 saturated carbocycles. The van der Waals surface area contributed by atoms with Gasteiger partial charge in [-0.3, -0.25) is 9.69 Å². The molecule has 1 saturated heterocycles. The third kappa shape index (κ3) is 4.08. The van der Waals surface area contributed by atoms with Crippen molar-refractivity contribution < 1.29 is 22.7 Å². The van der Waals surface area contributed by atoms with Gasteiger partial charge in [0.1, 0.15) is 5.00 Å². The molecule has 1 amide bonds. The van der Waals surface area contributed by atoms with Crippen molar-refractivity contribution in [3.05, 3.63) is 16.0 Å². The second-order valence-corrected chi connectivity index (χ2v) is 9.63. The lowest BCUT2D eigenvalue weighted by Gasteiger charge is -2.32. The van der Waals surface area contributed by atoms with Crippen molar-refractivity contribution in [1.82, 2.24) is 9.21 Å². The molecule has 3 rings (SSSR count). The summed E-state index contributed by atoms with van der Waals surface area (Å²) in [6.45, 7) is 1.94. The largest absolute Gasteiger partial charge is 0.465 e. The highest BCUT2D eigenvalue weighted by Crippen LogP contribution is 2.39. The summed E-state index contributed by atoms with van der Waals surface area (Å²) in [7, 11) is -1.85. The van der Waals surface area contributed by atoms with Gasteiger partial charge in [-0.1, -0.05) is 0 Å². The Morgan fingerprint density at radius 3 is 2.50 bits per heavy atom. The minimum atomic E-state index is -3.19. The summed E-state index contributed by atoms with van der Waals surface area (Å²) in [6, 6.07) is 0. The number of aryl methyl sites for hydroxylation is 1. The number of hydrogen-bond donors (Lipinski definition) is 1. The van der Waals surface area contributed by atoms with E-state index in [-0.39, 0.29) is 12.5 Å². The Kier molecular flexibility index (Phi) is 5.66. The van der Waals surface area contributed by atoms with E-state index in [2.05, 4.69) is 5.32 Å². The molecule has 1 aromatic rings. The maximum Gasteiger partial charge on any atom is 0.341 e. The van der Waals surface area contributed by atoms with Crippen molar-refractivity contribution in [2.24, 2.45) is 0 Å². The molecule has 0 radical (unpaired) electrons. The molecule has 1 fully saturated rings. The standard InChI is InChI=1S/C16H23N3O5S2/c1-24-16(21)14-11-4-3-5-12(11)25-15(14)17-13(20)10-18-6-8-19(9-7-18)26(2,22)23/h3-10H2,1-2H3,(H,17,20). The topological polar surface area (TPSA) is 96.0 Å². The number of amides is 1. The van der Waals surface area contributed by atoms with E-state index in [1.54, 1.807) is 0 Å². The van der Waals surface area contributed by atoms with Crippen LogP contribution in [0.4, 0.5) is 5.00 Å². The van der Waals surface area contributed by atoms with E-state index in [0.29, 0.717) is 36.7 Å². The van der Waals surface area contributed by atoms with Gasteiger partial charge in [-0.25, -0.2) is 13.2 Å². The number of sulfonamides is 1. The third-order valence-electron chi connectivity index (χ3n) is 4.73. The second kappa shape index (κ2) is 7.63. The van der Waals surface area contributed by atoms with Crippen LogP contribution in [0.1, 0.15) is 27.2 Å². The zero-order chi connectivity index (χ0) is 18.9. The molecule has 1 aliphatic heterocycles. The third-order valence-corrected chi connectivity index (χ3v) is 7.24. The second-order valence-electron chi connectivity index (χ2n) is 6.54. The van der Waals surface area contributed by atoms with Crippen LogP contribution in [-0.2, 0) is 32.4 Å². The first-order valence-electron chi connectivity index (χ1n) is 8.49. The summed E-state index contributed by atoms with van der Waals surface area (Å²) in [5.41, 5.74) is 1.49. The van der Waals surface area contributed by atoms with Crippen LogP contribution in [0.15, 0.2) is 0 Å². The maximum absolute atomic E-state index is 12.4. The average Bonchev–Trinajstić information content (AvgIpc) is 3.14. The summed E-state index contributed by atoms with van der Waals surface area (Å²) >= 11 is 1.45. The monoisotopic (exact) mass is 401 g/mol. The van der Waals surface area contributed by atoms with Crippen molar-refractivity contribution in [1.29, 1.82) is 0 Å².